The van der Waals surface area contributed by atoms with E-state index in [1.807, 2.05) is 30.3 Å². The Labute approximate surface area is 111 Å². The van der Waals surface area contributed by atoms with Crippen LogP contribution in [-0.4, -0.2) is 19.7 Å². The summed E-state index contributed by atoms with van der Waals surface area (Å²) in [5.74, 6) is 1.84. The molecule has 0 bridgehead atoms. The minimum absolute atomic E-state index is 0.157. The van der Waals surface area contributed by atoms with Crippen molar-refractivity contribution in [1.82, 2.24) is 0 Å². The van der Waals surface area contributed by atoms with Gasteiger partial charge in [0, 0.05) is 5.56 Å². The Balaban J connectivity index is 2.09. The van der Waals surface area contributed by atoms with Gasteiger partial charge in [-0.3, -0.25) is 4.79 Å². The predicted octanol–water partition coefficient (Wildman–Crippen LogP) is 3.06. The number of furan rings is 1. The van der Waals surface area contributed by atoms with Gasteiger partial charge in [0.05, 0.1) is 13.7 Å². The molecule has 100 valence electrons. The summed E-state index contributed by atoms with van der Waals surface area (Å²) in [6, 6.07) is 11.2. The maximum absolute atomic E-state index is 11.3. The highest BCUT2D eigenvalue weighted by Gasteiger charge is 2.09. The fourth-order valence-corrected chi connectivity index (χ4v) is 1.74. The van der Waals surface area contributed by atoms with Crippen LogP contribution >= 0.6 is 0 Å². The number of ether oxygens (including phenoxy) is 2. The Bertz CT molecular complexity index is 540. The molecule has 2 aromatic rings. The highest BCUT2D eigenvalue weighted by molar-refractivity contribution is 5.72. The van der Waals surface area contributed by atoms with Crippen LogP contribution in [0, 0.1) is 0 Å². The number of esters is 1. The third-order valence-corrected chi connectivity index (χ3v) is 2.66. The SMILES string of the molecule is CCOC(=O)Cc1ccc(-c2ccc(OC)cc2)o1. The molecule has 0 unspecified atom stereocenters. The van der Waals surface area contributed by atoms with Crippen LogP contribution in [0.15, 0.2) is 40.8 Å². The van der Waals surface area contributed by atoms with Gasteiger partial charge >= 0.3 is 5.97 Å². The molecule has 0 spiro atoms. The van der Waals surface area contributed by atoms with Crippen molar-refractivity contribution in [1.29, 1.82) is 0 Å². The van der Waals surface area contributed by atoms with Crippen molar-refractivity contribution in [2.75, 3.05) is 13.7 Å². The first-order chi connectivity index (χ1) is 9.22. The summed E-state index contributed by atoms with van der Waals surface area (Å²) < 4.78 is 15.6. The van der Waals surface area contributed by atoms with Crippen molar-refractivity contribution in [3.8, 4) is 17.1 Å². The van der Waals surface area contributed by atoms with E-state index in [0.717, 1.165) is 17.1 Å². The number of hydrogen-bond donors (Lipinski definition) is 0. The average molecular weight is 260 g/mol. The molecule has 0 saturated carbocycles. The number of rotatable bonds is 5. The maximum Gasteiger partial charge on any atom is 0.313 e. The first-order valence-electron chi connectivity index (χ1n) is 6.11. The summed E-state index contributed by atoms with van der Waals surface area (Å²) in [6.07, 6.45) is 0.157. The quantitative estimate of drug-likeness (QED) is 0.775. The van der Waals surface area contributed by atoms with Crippen molar-refractivity contribution >= 4 is 5.97 Å². The van der Waals surface area contributed by atoms with Crippen LogP contribution in [-0.2, 0) is 16.0 Å². The zero-order valence-electron chi connectivity index (χ0n) is 11.0. The molecule has 0 N–H and O–H groups in total. The van der Waals surface area contributed by atoms with Gasteiger partial charge in [-0.1, -0.05) is 0 Å². The van der Waals surface area contributed by atoms with Crippen LogP contribution < -0.4 is 4.74 Å². The molecule has 0 radical (unpaired) electrons. The van der Waals surface area contributed by atoms with Crippen molar-refractivity contribution in [3.05, 3.63) is 42.2 Å². The Kier molecular flexibility index (Phi) is 4.23. The monoisotopic (exact) mass is 260 g/mol. The first kappa shape index (κ1) is 13.2. The van der Waals surface area contributed by atoms with E-state index in [2.05, 4.69) is 0 Å². The number of carbonyl (C=O) groups excluding carboxylic acids is 1. The van der Waals surface area contributed by atoms with E-state index in [-0.39, 0.29) is 12.4 Å². The molecular formula is C15H16O4. The molecule has 2 rings (SSSR count). The molecule has 0 fully saturated rings. The lowest BCUT2D eigenvalue weighted by Crippen LogP contribution is -2.06. The second-order valence-corrected chi connectivity index (χ2v) is 3.98. The molecule has 1 heterocycles. The van der Waals surface area contributed by atoms with Crippen LogP contribution in [0.3, 0.4) is 0 Å². The van der Waals surface area contributed by atoms with Gasteiger partial charge in [0.2, 0.25) is 0 Å². The van der Waals surface area contributed by atoms with Crippen LogP contribution in [0.25, 0.3) is 11.3 Å². The van der Waals surface area contributed by atoms with Gasteiger partial charge in [0.15, 0.2) is 0 Å². The molecule has 1 aromatic carbocycles. The van der Waals surface area contributed by atoms with Crippen molar-refractivity contribution < 1.29 is 18.7 Å². The number of carbonyl (C=O) groups is 1. The summed E-state index contributed by atoms with van der Waals surface area (Å²) in [7, 11) is 1.62. The van der Waals surface area contributed by atoms with Gasteiger partial charge in [-0.05, 0) is 43.3 Å². The minimum atomic E-state index is -0.280. The lowest BCUT2D eigenvalue weighted by Gasteiger charge is -2.01. The molecule has 0 atom stereocenters. The molecule has 19 heavy (non-hydrogen) atoms. The zero-order valence-corrected chi connectivity index (χ0v) is 11.0. The van der Waals surface area contributed by atoms with Crippen molar-refractivity contribution in [2.45, 2.75) is 13.3 Å². The summed E-state index contributed by atoms with van der Waals surface area (Å²) in [6.45, 7) is 2.16. The van der Waals surface area contributed by atoms with E-state index in [1.165, 1.54) is 0 Å². The van der Waals surface area contributed by atoms with E-state index in [1.54, 1.807) is 20.1 Å². The number of hydrogen-bond acceptors (Lipinski definition) is 4. The van der Waals surface area contributed by atoms with E-state index < -0.39 is 0 Å². The van der Waals surface area contributed by atoms with Gasteiger partial charge in [0.1, 0.15) is 23.7 Å². The first-order valence-corrected chi connectivity index (χ1v) is 6.11. The summed E-state index contributed by atoms with van der Waals surface area (Å²) in [5.41, 5.74) is 0.941. The highest BCUT2D eigenvalue weighted by Crippen LogP contribution is 2.24. The Morgan fingerprint density at radius 1 is 1.16 bits per heavy atom. The minimum Gasteiger partial charge on any atom is -0.497 e. The lowest BCUT2D eigenvalue weighted by molar-refractivity contribution is -0.142. The summed E-state index contributed by atoms with van der Waals surface area (Å²) in [4.78, 5) is 11.3. The second kappa shape index (κ2) is 6.09. The molecule has 0 aliphatic carbocycles. The van der Waals surface area contributed by atoms with Gasteiger partial charge < -0.3 is 13.9 Å². The Morgan fingerprint density at radius 2 is 1.89 bits per heavy atom. The Hall–Kier alpha value is -2.23. The molecular weight excluding hydrogens is 244 g/mol. The van der Waals surface area contributed by atoms with E-state index in [0.29, 0.717) is 12.4 Å². The largest absolute Gasteiger partial charge is 0.497 e. The Morgan fingerprint density at radius 3 is 2.53 bits per heavy atom. The molecule has 0 aliphatic heterocycles. The standard InChI is InChI=1S/C15H16O4/c1-3-18-15(16)10-13-8-9-14(19-13)11-4-6-12(17-2)7-5-11/h4-9H,3,10H2,1-2H3. The average Bonchev–Trinajstić information content (AvgIpc) is 2.87. The van der Waals surface area contributed by atoms with Crippen LogP contribution in [0.5, 0.6) is 5.75 Å². The highest BCUT2D eigenvalue weighted by atomic mass is 16.5. The normalized spacial score (nSPS) is 10.2. The zero-order chi connectivity index (χ0) is 13.7. The number of methoxy groups -OCH3 is 1. The molecule has 1 aromatic heterocycles. The summed E-state index contributed by atoms with van der Waals surface area (Å²) in [5, 5.41) is 0. The smallest absolute Gasteiger partial charge is 0.313 e. The molecule has 4 heteroatoms. The van der Waals surface area contributed by atoms with E-state index in [4.69, 9.17) is 13.9 Å². The van der Waals surface area contributed by atoms with Gasteiger partial charge in [0.25, 0.3) is 0 Å². The molecule has 0 saturated heterocycles. The summed E-state index contributed by atoms with van der Waals surface area (Å²) >= 11 is 0. The molecule has 0 amide bonds. The van der Waals surface area contributed by atoms with Crippen molar-refractivity contribution in [2.24, 2.45) is 0 Å². The van der Waals surface area contributed by atoms with Gasteiger partial charge in [-0.2, -0.15) is 0 Å². The molecule has 0 aliphatic rings. The van der Waals surface area contributed by atoms with E-state index in [9.17, 15) is 4.79 Å². The molecule has 4 nitrogen and oxygen atoms in total. The fraction of sp³-hybridized carbons (Fsp3) is 0.267. The topological polar surface area (TPSA) is 48.7 Å². The fourth-order valence-electron chi connectivity index (χ4n) is 1.74. The predicted molar refractivity (Wildman–Crippen MR) is 71.0 cm³/mol. The van der Waals surface area contributed by atoms with Crippen LogP contribution in [0.4, 0.5) is 0 Å². The van der Waals surface area contributed by atoms with Gasteiger partial charge in [-0.15, -0.1) is 0 Å². The number of benzene rings is 1. The van der Waals surface area contributed by atoms with Crippen LogP contribution in [0.1, 0.15) is 12.7 Å². The van der Waals surface area contributed by atoms with Crippen LogP contribution in [0.2, 0.25) is 0 Å². The maximum atomic E-state index is 11.3. The van der Waals surface area contributed by atoms with Crippen molar-refractivity contribution in [3.63, 3.8) is 0 Å². The van der Waals surface area contributed by atoms with E-state index >= 15 is 0 Å². The van der Waals surface area contributed by atoms with Gasteiger partial charge in [-0.25, -0.2) is 0 Å². The third-order valence-electron chi connectivity index (χ3n) is 2.66. The third kappa shape index (κ3) is 3.37. The lowest BCUT2D eigenvalue weighted by atomic mass is 10.2. The second-order valence-electron chi connectivity index (χ2n) is 3.98.